The van der Waals surface area contributed by atoms with Gasteiger partial charge < -0.3 is 14.5 Å². The first-order valence-corrected chi connectivity index (χ1v) is 8.36. The van der Waals surface area contributed by atoms with Crippen molar-refractivity contribution in [3.05, 3.63) is 41.7 Å². The number of piperazine rings is 1. The molecule has 0 spiro atoms. The van der Waals surface area contributed by atoms with Crippen LogP contribution in [0.2, 0.25) is 0 Å². The van der Waals surface area contributed by atoms with Gasteiger partial charge in [0.2, 0.25) is 5.91 Å². The SMILES string of the molecule is C=Cc1cc(CC(=O)N2CCN(C(=O)OC(C)(C)C)CC2)ccc1F. The fourth-order valence-electron chi connectivity index (χ4n) is 2.61. The number of halogens is 1. The Kier molecular flexibility index (Phi) is 5.82. The lowest BCUT2D eigenvalue weighted by molar-refractivity contribution is -0.132. The van der Waals surface area contributed by atoms with Gasteiger partial charge in [0.15, 0.2) is 0 Å². The summed E-state index contributed by atoms with van der Waals surface area (Å²) in [7, 11) is 0. The lowest BCUT2D eigenvalue weighted by Gasteiger charge is -2.35. The molecule has 1 aliphatic rings. The highest BCUT2D eigenvalue weighted by Crippen LogP contribution is 2.15. The number of nitrogens with zero attached hydrogens (tertiary/aromatic N) is 2. The van der Waals surface area contributed by atoms with Crippen molar-refractivity contribution in [3.8, 4) is 0 Å². The molecular weight excluding hydrogens is 323 g/mol. The van der Waals surface area contributed by atoms with E-state index in [4.69, 9.17) is 4.74 Å². The molecule has 0 unspecified atom stereocenters. The molecule has 1 heterocycles. The minimum absolute atomic E-state index is 0.0366. The number of rotatable bonds is 3. The minimum Gasteiger partial charge on any atom is -0.444 e. The number of amides is 2. The third-order valence-corrected chi connectivity index (χ3v) is 3.92. The molecule has 1 saturated heterocycles. The Hall–Kier alpha value is -2.37. The number of hydrogen-bond donors (Lipinski definition) is 0. The van der Waals surface area contributed by atoms with E-state index in [-0.39, 0.29) is 24.2 Å². The van der Waals surface area contributed by atoms with E-state index in [1.54, 1.807) is 21.9 Å². The number of carbonyl (C=O) groups is 2. The van der Waals surface area contributed by atoms with Gasteiger partial charge in [0.25, 0.3) is 0 Å². The molecule has 0 N–H and O–H groups in total. The summed E-state index contributed by atoms with van der Waals surface area (Å²) in [6, 6.07) is 4.59. The van der Waals surface area contributed by atoms with Gasteiger partial charge in [-0.25, -0.2) is 9.18 Å². The Morgan fingerprint density at radius 3 is 2.36 bits per heavy atom. The van der Waals surface area contributed by atoms with Crippen LogP contribution in [0.25, 0.3) is 6.08 Å². The quantitative estimate of drug-likeness (QED) is 0.843. The van der Waals surface area contributed by atoms with Crippen LogP contribution >= 0.6 is 0 Å². The lowest BCUT2D eigenvalue weighted by atomic mass is 10.1. The number of benzene rings is 1. The Bertz CT molecular complexity index is 659. The van der Waals surface area contributed by atoms with Crippen molar-refractivity contribution in [2.24, 2.45) is 0 Å². The van der Waals surface area contributed by atoms with E-state index in [0.29, 0.717) is 31.7 Å². The van der Waals surface area contributed by atoms with E-state index in [9.17, 15) is 14.0 Å². The molecule has 136 valence electrons. The first-order chi connectivity index (χ1) is 11.7. The topological polar surface area (TPSA) is 49.9 Å². The van der Waals surface area contributed by atoms with Crippen LogP contribution in [0.5, 0.6) is 0 Å². The van der Waals surface area contributed by atoms with Crippen molar-refractivity contribution in [2.75, 3.05) is 26.2 Å². The average Bonchev–Trinajstić information content (AvgIpc) is 2.55. The highest BCUT2D eigenvalue weighted by molar-refractivity contribution is 5.79. The molecule has 0 atom stereocenters. The maximum atomic E-state index is 13.5. The predicted octanol–water partition coefficient (Wildman–Crippen LogP) is 3.09. The summed E-state index contributed by atoms with van der Waals surface area (Å²) in [6.07, 6.45) is 1.28. The molecule has 1 aromatic carbocycles. The van der Waals surface area contributed by atoms with E-state index in [1.165, 1.54) is 12.1 Å². The Labute approximate surface area is 148 Å². The van der Waals surface area contributed by atoms with Crippen LogP contribution in [0, 0.1) is 5.82 Å². The zero-order valence-corrected chi connectivity index (χ0v) is 15.0. The third kappa shape index (κ3) is 5.31. The maximum absolute atomic E-state index is 13.5. The average molecular weight is 348 g/mol. The van der Waals surface area contributed by atoms with Gasteiger partial charge in [0.05, 0.1) is 6.42 Å². The second-order valence-electron chi connectivity index (χ2n) is 7.08. The molecule has 6 heteroatoms. The molecule has 1 aliphatic heterocycles. The summed E-state index contributed by atoms with van der Waals surface area (Å²) >= 11 is 0. The van der Waals surface area contributed by atoms with E-state index in [0.717, 1.165) is 5.56 Å². The molecular formula is C19H25FN2O3. The van der Waals surface area contributed by atoms with Crippen LogP contribution in [0.15, 0.2) is 24.8 Å². The predicted molar refractivity (Wildman–Crippen MR) is 94.6 cm³/mol. The number of hydrogen-bond acceptors (Lipinski definition) is 3. The van der Waals surface area contributed by atoms with E-state index >= 15 is 0 Å². The molecule has 25 heavy (non-hydrogen) atoms. The highest BCUT2D eigenvalue weighted by atomic mass is 19.1. The van der Waals surface area contributed by atoms with Crippen LogP contribution < -0.4 is 0 Å². The maximum Gasteiger partial charge on any atom is 0.410 e. The van der Waals surface area contributed by atoms with Crippen molar-refractivity contribution in [1.29, 1.82) is 0 Å². The van der Waals surface area contributed by atoms with Gasteiger partial charge in [-0.2, -0.15) is 0 Å². The van der Waals surface area contributed by atoms with Crippen molar-refractivity contribution in [2.45, 2.75) is 32.8 Å². The van der Waals surface area contributed by atoms with Crippen molar-refractivity contribution < 1.29 is 18.7 Å². The lowest BCUT2D eigenvalue weighted by Crippen LogP contribution is -2.52. The standard InChI is InChI=1S/C19H25FN2O3/c1-5-15-12-14(6-7-16(15)20)13-17(23)21-8-10-22(11-9-21)18(24)25-19(2,3)4/h5-7,12H,1,8-11,13H2,2-4H3. The second kappa shape index (κ2) is 7.68. The van der Waals surface area contributed by atoms with Crippen molar-refractivity contribution >= 4 is 18.1 Å². The highest BCUT2D eigenvalue weighted by Gasteiger charge is 2.27. The molecule has 1 fully saturated rings. The van der Waals surface area contributed by atoms with Gasteiger partial charge in [-0.05, 0) is 38.5 Å². The summed E-state index contributed by atoms with van der Waals surface area (Å²) in [4.78, 5) is 27.8. The zero-order valence-electron chi connectivity index (χ0n) is 15.0. The van der Waals surface area contributed by atoms with Crippen LogP contribution in [0.4, 0.5) is 9.18 Å². The smallest absolute Gasteiger partial charge is 0.410 e. The van der Waals surface area contributed by atoms with Crippen LogP contribution in [-0.4, -0.2) is 53.6 Å². The monoisotopic (exact) mass is 348 g/mol. The molecule has 0 aliphatic carbocycles. The second-order valence-corrected chi connectivity index (χ2v) is 7.08. The normalized spacial score (nSPS) is 15.0. The van der Waals surface area contributed by atoms with Gasteiger partial charge in [-0.15, -0.1) is 0 Å². The van der Waals surface area contributed by atoms with Crippen LogP contribution in [0.3, 0.4) is 0 Å². The molecule has 0 saturated carbocycles. The summed E-state index contributed by atoms with van der Waals surface area (Å²) < 4.78 is 18.8. The van der Waals surface area contributed by atoms with Crippen molar-refractivity contribution in [3.63, 3.8) is 0 Å². The largest absolute Gasteiger partial charge is 0.444 e. The molecule has 2 rings (SSSR count). The van der Waals surface area contributed by atoms with E-state index < -0.39 is 5.60 Å². The number of ether oxygens (including phenoxy) is 1. The molecule has 2 amide bonds. The van der Waals surface area contributed by atoms with E-state index in [2.05, 4.69) is 6.58 Å². The fraction of sp³-hybridized carbons (Fsp3) is 0.474. The Balaban J connectivity index is 1.89. The first kappa shape index (κ1) is 19.0. The fourth-order valence-corrected chi connectivity index (χ4v) is 2.61. The van der Waals surface area contributed by atoms with Gasteiger partial charge >= 0.3 is 6.09 Å². The Morgan fingerprint density at radius 1 is 1.20 bits per heavy atom. The minimum atomic E-state index is -0.532. The Morgan fingerprint density at radius 2 is 1.80 bits per heavy atom. The molecule has 0 radical (unpaired) electrons. The summed E-state index contributed by atoms with van der Waals surface area (Å²) in [5, 5.41) is 0. The molecule has 5 nitrogen and oxygen atoms in total. The van der Waals surface area contributed by atoms with Crippen LogP contribution in [-0.2, 0) is 16.0 Å². The molecule has 0 aromatic heterocycles. The van der Waals surface area contributed by atoms with Crippen molar-refractivity contribution in [1.82, 2.24) is 9.80 Å². The summed E-state index contributed by atoms with van der Waals surface area (Å²) in [5.74, 6) is -0.386. The zero-order chi connectivity index (χ0) is 18.6. The number of carbonyl (C=O) groups excluding carboxylic acids is 2. The molecule has 0 bridgehead atoms. The van der Waals surface area contributed by atoms with Gasteiger partial charge in [0.1, 0.15) is 11.4 Å². The summed E-state index contributed by atoms with van der Waals surface area (Å²) in [5.41, 5.74) is 0.603. The van der Waals surface area contributed by atoms with Gasteiger partial charge in [-0.3, -0.25) is 4.79 Å². The summed E-state index contributed by atoms with van der Waals surface area (Å²) in [6.45, 7) is 10.9. The molecule has 1 aromatic rings. The van der Waals surface area contributed by atoms with E-state index in [1.807, 2.05) is 20.8 Å². The van der Waals surface area contributed by atoms with Gasteiger partial charge in [0, 0.05) is 31.7 Å². The van der Waals surface area contributed by atoms with Crippen LogP contribution in [0.1, 0.15) is 31.9 Å². The first-order valence-electron chi connectivity index (χ1n) is 8.36. The third-order valence-electron chi connectivity index (χ3n) is 3.92. The van der Waals surface area contributed by atoms with Gasteiger partial charge in [-0.1, -0.05) is 18.7 Å².